The van der Waals surface area contributed by atoms with Gasteiger partial charge in [-0.2, -0.15) is 0 Å². The van der Waals surface area contributed by atoms with Gasteiger partial charge in [0, 0.05) is 62.0 Å². The van der Waals surface area contributed by atoms with E-state index in [9.17, 15) is 8.96 Å². The molecule has 2 fully saturated rings. The minimum Gasteiger partial charge on any atom is -0.371 e. The van der Waals surface area contributed by atoms with Crippen LogP contribution in [0.25, 0.3) is 22.3 Å². The first-order valence-corrected chi connectivity index (χ1v) is 16.6. The van der Waals surface area contributed by atoms with E-state index in [0.717, 1.165) is 29.7 Å². The summed E-state index contributed by atoms with van der Waals surface area (Å²) < 4.78 is 26.9. The lowest BCUT2D eigenvalue weighted by Crippen LogP contribution is -2.52. The molecule has 2 aromatic carbocycles. The average Bonchev–Trinajstić information content (AvgIpc) is 3.39. The molecule has 6 rings (SSSR count). The quantitative estimate of drug-likeness (QED) is 0.322. The highest BCUT2D eigenvalue weighted by atomic mass is 31.2. The normalized spacial score (nSPS) is 17.9. The van der Waals surface area contributed by atoms with Crippen LogP contribution in [0.4, 0.5) is 21.6 Å². The minimum absolute atomic E-state index is 0.400. The molecular formula is C30H37FN7OP. The molecule has 10 heteroatoms. The van der Waals surface area contributed by atoms with Gasteiger partial charge in [-0.15, -0.1) is 0 Å². The predicted octanol–water partition coefficient (Wildman–Crippen LogP) is 4.97. The van der Waals surface area contributed by atoms with Gasteiger partial charge >= 0.3 is 0 Å². The molecule has 210 valence electrons. The first kappa shape index (κ1) is 26.9. The van der Waals surface area contributed by atoms with Crippen molar-refractivity contribution in [2.75, 3.05) is 69.9 Å². The zero-order valence-corrected chi connectivity index (χ0v) is 24.3. The lowest BCUT2D eigenvalue weighted by Gasteiger charge is -2.42. The highest BCUT2D eigenvalue weighted by Gasteiger charge is 2.27. The van der Waals surface area contributed by atoms with E-state index in [1.54, 1.807) is 19.4 Å². The Morgan fingerprint density at radius 3 is 2.38 bits per heavy atom. The molecule has 2 N–H and O–H groups in total. The lowest BCUT2D eigenvalue weighted by molar-refractivity contribution is 0.0982. The molecular weight excluding hydrogens is 524 g/mol. The van der Waals surface area contributed by atoms with E-state index < -0.39 is 13.0 Å². The Bertz CT molecular complexity index is 1530. The van der Waals surface area contributed by atoms with Crippen LogP contribution in [0.1, 0.15) is 12.8 Å². The maximum atomic E-state index is 14.1. The van der Waals surface area contributed by atoms with Crippen molar-refractivity contribution in [3.63, 3.8) is 0 Å². The number of aromatic nitrogens is 3. The highest BCUT2D eigenvalue weighted by Crippen LogP contribution is 2.39. The zero-order chi connectivity index (χ0) is 27.9. The van der Waals surface area contributed by atoms with Crippen molar-refractivity contribution in [2.24, 2.45) is 0 Å². The average molecular weight is 562 g/mol. The molecule has 40 heavy (non-hydrogen) atoms. The van der Waals surface area contributed by atoms with Gasteiger partial charge in [0.2, 0.25) is 0 Å². The number of rotatable bonds is 6. The van der Waals surface area contributed by atoms with Crippen LogP contribution >= 0.6 is 7.14 Å². The summed E-state index contributed by atoms with van der Waals surface area (Å²) >= 11 is 0. The Balaban J connectivity index is 1.17. The number of nitrogens with one attached hydrogen (secondary N) is 2. The third kappa shape index (κ3) is 5.64. The number of likely N-dealkylation sites (N-methyl/N-ethyl adjacent to an activating group) is 1. The summed E-state index contributed by atoms with van der Waals surface area (Å²) in [7, 11) is -0.423. The summed E-state index contributed by atoms with van der Waals surface area (Å²) in [4.78, 5) is 19.8. The zero-order valence-electron chi connectivity index (χ0n) is 23.4. The van der Waals surface area contributed by atoms with Crippen molar-refractivity contribution in [1.29, 1.82) is 0 Å². The Hall–Kier alpha value is -3.26. The summed E-state index contributed by atoms with van der Waals surface area (Å²) in [5.74, 6) is 0.135. The molecule has 0 spiro atoms. The maximum absolute atomic E-state index is 14.1. The summed E-state index contributed by atoms with van der Waals surface area (Å²) in [6.45, 7) is 10.2. The molecule has 0 radical (unpaired) electrons. The van der Waals surface area contributed by atoms with Gasteiger partial charge in [0.25, 0.3) is 0 Å². The van der Waals surface area contributed by atoms with Crippen molar-refractivity contribution in [3.8, 4) is 11.3 Å². The fourth-order valence-electron chi connectivity index (χ4n) is 5.93. The van der Waals surface area contributed by atoms with Gasteiger partial charge in [0.1, 0.15) is 30.8 Å². The van der Waals surface area contributed by atoms with Crippen LogP contribution < -0.4 is 15.5 Å². The predicted molar refractivity (Wildman–Crippen MR) is 162 cm³/mol. The Labute approximate surface area is 235 Å². The molecule has 0 aliphatic carbocycles. The second-order valence-corrected chi connectivity index (χ2v) is 14.6. The molecule has 2 aliphatic heterocycles. The third-order valence-electron chi connectivity index (χ3n) is 8.28. The van der Waals surface area contributed by atoms with Crippen molar-refractivity contribution >= 4 is 40.7 Å². The molecule has 4 aromatic rings. The summed E-state index contributed by atoms with van der Waals surface area (Å²) in [6.07, 6.45) is 3.89. The number of aromatic amines is 1. The van der Waals surface area contributed by atoms with Gasteiger partial charge in [-0.05, 0) is 75.2 Å². The Morgan fingerprint density at radius 1 is 0.950 bits per heavy atom. The lowest BCUT2D eigenvalue weighted by atomic mass is 10.0. The van der Waals surface area contributed by atoms with E-state index in [4.69, 9.17) is 0 Å². The van der Waals surface area contributed by atoms with Crippen LogP contribution in [0, 0.1) is 5.82 Å². The van der Waals surface area contributed by atoms with Crippen LogP contribution in [-0.2, 0) is 4.57 Å². The van der Waals surface area contributed by atoms with Crippen LogP contribution in [-0.4, -0.2) is 90.4 Å². The van der Waals surface area contributed by atoms with Crippen LogP contribution in [0.5, 0.6) is 0 Å². The largest absolute Gasteiger partial charge is 0.371 e. The van der Waals surface area contributed by atoms with E-state index in [-0.39, 0.29) is 0 Å². The molecule has 0 atom stereocenters. The minimum atomic E-state index is -2.63. The first-order chi connectivity index (χ1) is 19.2. The third-order valence-corrected chi connectivity index (χ3v) is 9.83. The first-order valence-electron chi connectivity index (χ1n) is 14.0. The number of halogens is 1. The number of piperazine rings is 1. The van der Waals surface area contributed by atoms with E-state index in [2.05, 4.69) is 66.3 Å². The van der Waals surface area contributed by atoms with Crippen molar-refractivity contribution in [3.05, 3.63) is 60.7 Å². The van der Waals surface area contributed by atoms with Gasteiger partial charge in [0.15, 0.2) is 0 Å². The van der Waals surface area contributed by atoms with Gasteiger partial charge < -0.3 is 24.7 Å². The summed E-state index contributed by atoms with van der Waals surface area (Å²) in [5, 5.41) is 4.58. The van der Waals surface area contributed by atoms with E-state index in [0.29, 0.717) is 28.5 Å². The van der Waals surface area contributed by atoms with Gasteiger partial charge in [0.05, 0.1) is 11.1 Å². The molecule has 2 saturated heterocycles. The van der Waals surface area contributed by atoms with Crippen molar-refractivity contribution < 1.29 is 8.96 Å². The monoisotopic (exact) mass is 561 g/mol. The summed E-state index contributed by atoms with van der Waals surface area (Å²) in [6, 6.07) is 15.7. The number of anilines is 3. The second kappa shape index (κ2) is 11.0. The number of benzene rings is 2. The van der Waals surface area contributed by atoms with E-state index >= 15 is 0 Å². The van der Waals surface area contributed by atoms with Gasteiger partial charge in [-0.1, -0.05) is 12.1 Å². The smallest absolute Gasteiger partial charge is 0.143 e. The SMILES string of the molecule is CN1CCN(C2CCN(c3ccc(-c4cc5c(Nc6cc(F)ccc6P(C)(C)=O)ncnc5[nH]4)cc3)CC2)CC1. The molecule has 0 unspecified atom stereocenters. The molecule has 2 aromatic heterocycles. The molecule has 0 amide bonds. The summed E-state index contributed by atoms with van der Waals surface area (Å²) in [5.41, 5.74) is 4.36. The molecule has 2 aliphatic rings. The maximum Gasteiger partial charge on any atom is 0.143 e. The van der Waals surface area contributed by atoms with Crippen LogP contribution in [0.15, 0.2) is 54.9 Å². The topological polar surface area (TPSA) is 80.4 Å². The number of H-pyrrole nitrogens is 1. The standard InChI is InChI=1S/C30H37FN7OP/c1-36-14-16-38(17-15-36)24-10-12-37(13-11-24)23-7-4-21(5-8-23)26-19-25-29(34-26)32-20-33-30(25)35-27-18-22(31)6-9-28(27)40(2,3)39/h4-9,18-20,24H,10-17H2,1-3H3,(H2,32,33,34,35). The number of piperidine rings is 1. The van der Waals surface area contributed by atoms with E-state index in [1.807, 2.05) is 6.07 Å². The number of nitrogens with zero attached hydrogens (tertiary/aromatic N) is 5. The van der Waals surface area contributed by atoms with Crippen LogP contribution in [0.2, 0.25) is 0 Å². The fraction of sp³-hybridized carbons (Fsp3) is 0.400. The fourth-order valence-corrected chi connectivity index (χ4v) is 7.06. The van der Waals surface area contributed by atoms with Gasteiger partial charge in [-0.3, -0.25) is 4.90 Å². The van der Waals surface area contributed by atoms with Crippen molar-refractivity contribution in [2.45, 2.75) is 18.9 Å². The van der Waals surface area contributed by atoms with Crippen LogP contribution in [0.3, 0.4) is 0 Å². The Morgan fingerprint density at radius 2 is 1.68 bits per heavy atom. The number of hydrogen-bond acceptors (Lipinski definition) is 7. The van der Waals surface area contributed by atoms with Gasteiger partial charge in [-0.25, -0.2) is 14.4 Å². The molecule has 8 nitrogen and oxygen atoms in total. The number of hydrogen-bond donors (Lipinski definition) is 2. The van der Waals surface area contributed by atoms with Crippen molar-refractivity contribution in [1.82, 2.24) is 24.8 Å². The molecule has 0 saturated carbocycles. The highest BCUT2D eigenvalue weighted by molar-refractivity contribution is 7.70. The molecule has 0 bridgehead atoms. The Kier molecular flexibility index (Phi) is 7.38. The second-order valence-electron chi connectivity index (χ2n) is 11.4. The van der Waals surface area contributed by atoms with E-state index in [1.165, 1.54) is 63.2 Å². The molecule has 4 heterocycles. The number of fused-ring (bicyclic) bond motifs is 1.